The van der Waals surface area contributed by atoms with E-state index in [1.165, 1.54) is 19.3 Å². The maximum Gasteiger partial charge on any atom is 0.0747 e. The van der Waals surface area contributed by atoms with E-state index in [2.05, 4.69) is 16.4 Å². The van der Waals surface area contributed by atoms with Gasteiger partial charge in [-0.1, -0.05) is 0 Å². The number of rotatable bonds is 3. The Kier molecular flexibility index (Phi) is 3.56. The van der Waals surface area contributed by atoms with E-state index in [4.69, 9.17) is 4.74 Å². The largest absolute Gasteiger partial charge is 0.382 e. The lowest BCUT2D eigenvalue weighted by atomic mass is 10.1. The summed E-state index contributed by atoms with van der Waals surface area (Å²) < 4.78 is 5.65. The maximum absolute atomic E-state index is 5.65. The lowest BCUT2D eigenvalue weighted by Gasteiger charge is -2.23. The SMILES string of the molecule is Cc1cc(NCC2CCCCO2)ccn1. The number of ether oxygens (including phenoxy) is 1. The predicted molar refractivity (Wildman–Crippen MR) is 61.1 cm³/mol. The molecular weight excluding hydrogens is 188 g/mol. The molecule has 2 heterocycles. The minimum Gasteiger partial charge on any atom is -0.382 e. The van der Waals surface area contributed by atoms with E-state index in [1.807, 2.05) is 19.2 Å². The molecule has 1 fully saturated rings. The summed E-state index contributed by atoms with van der Waals surface area (Å²) in [4.78, 5) is 4.16. The maximum atomic E-state index is 5.65. The third-order valence-electron chi connectivity index (χ3n) is 2.70. The molecule has 1 aromatic rings. The molecule has 0 aromatic carbocycles. The summed E-state index contributed by atoms with van der Waals surface area (Å²) in [5.41, 5.74) is 2.18. The molecule has 3 heteroatoms. The van der Waals surface area contributed by atoms with Crippen LogP contribution in [0.3, 0.4) is 0 Å². The molecule has 1 atom stereocenters. The van der Waals surface area contributed by atoms with E-state index >= 15 is 0 Å². The van der Waals surface area contributed by atoms with E-state index in [1.54, 1.807) is 0 Å². The van der Waals surface area contributed by atoms with Gasteiger partial charge < -0.3 is 10.1 Å². The van der Waals surface area contributed by atoms with Crippen molar-refractivity contribution in [1.29, 1.82) is 0 Å². The fourth-order valence-electron chi connectivity index (χ4n) is 1.86. The second kappa shape index (κ2) is 5.12. The molecule has 1 aliphatic heterocycles. The molecule has 15 heavy (non-hydrogen) atoms. The molecule has 0 aliphatic carbocycles. The molecule has 0 saturated carbocycles. The van der Waals surface area contributed by atoms with Crippen molar-refractivity contribution in [2.45, 2.75) is 32.3 Å². The number of aromatic nitrogens is 1. The standard InChI is InChI=1S/C12H18N2O/c1-10-8-11(5-6-13-10)14-9-12-4-2-3-7-15-12/h5-6,8,12H,2-4,7,9H2,1H3,(H,13,14). The van der Waals surface area contributed by atoms with Crippen LogP contribution in [0, 0.1) is 6.92 Å². The highest BCUT2D eigenvalue weighted by atomic mass is 16.5. The van der Waals surface area contributed by atoms with Crippen molar-refractivity contribution in [1.82, 2.24) is 4.98 Å². The Bertz CT molecular complexity index is 308. The van der Waals surface area contributed by atoms with Gasteiger partial charge in [0.2, 0.25) is 0 Å². The fourth-order valence-corrected chi connectivity index (χ4v) is 1.86. The first kappa shape index (κ1) is 10.4. The molecule has 3 nitrogen and oxygen atoms in total. The molecule has 82 valence electrons. The van der Waals surface area contributed by atoms with Crippen molar-refractivity contribution >= 4 is 5.69 Å². The van der Waals surface area contributed by atoms with E-state index in [9.17, 15) is 0 Å². The molecule has 0 spiro atoms. The highest BCUT2D eigenvalue weighted by Crippen LogP contribution is 2.14. The lowest BCUT2D eigenvalue weighted by Crippen LogP contribution is -2.26. The number of nitrogens with one attached hydrogen (secondary N) is 1. The smallest absolute Gasteiger partial charge is 0.0747 e. The fraction of sp³-hybridized carbons (Fsp3) is 0.583. The molecule has 2 rings (SSSR count). The van der Waals surface area contributed by atoms with Gasteiger partial charge in [-0.05, 0) is 38.3 Å². The van der Waals surface area contributed by atoms with Crippen LogP contribution in [-0.4, -0.2) is 24.2 Å². The molecule has 1 N–H and O–H groups in total. The minimum absolute atomic E-state index is 0.382. The lowest BCUT2D eigenvalue weighted by molar-refractivity contribution is 0.0247. The first-order chi connectivity index (χ1) is 7.34. The highest BCUT2D eigenvalue weighted by molar-refractivity contribution is 5.42. The van der Waals surface area contributed by atoms with Crippen LogP contribution in [0.15, 0.2) is 18.3 Å². The topological polar surface area (TPSA) is 34.1 Å². The van der Waals surface area contributed by atoms with Gasteiger partial charge in [0.1, 0.15) is 0 Å². The number of hydrogen-bond acceptors (Lipinski definition) is 3. The summed E-state index contributed by atoms with van der Waals surface area (Å²) in [5, 5.41) is 3.39. The van der Waals surface area contributed by atoms with Gasteiger partial charge in [0, 0.05) is 30.7 Å². The van der Waals surface area contributed by atoms with Gasteiger partial charge in [-0.15, -0.1) is 0 Å². The second-order valence-electron chi connectivity index (χ2n) is 4.06. The number of hydrogen-bond donors (Lipinski definition) is 1. The third-order valence-corrected chi connectivity index (χ3v) is 2.70. The number of pyridine rings is 1. The summed E-state index contributed by atoms with van der Waals surface area (Å²) in [6.07, 6.45) is 5.90. The van der Waals surface area contributed by atoms with Gasteiger partial charge in [0.15, 0.2) is 0 Å². The first-order valence-electron chi connectivity index (χ1n) is 5.63. The average molecular weight is 206 g/mol. The second-order valence-corrected chi connectivity index (χ2v) is 4.06. The Balaban J connectivity index is 1.81. The van der Waals surface area contributed by atoms with Gasteiger partial charge in [-0.25, -0.2) is 0 Å². The third kappa shape index (κ3) is 3.20. The Hall–Kier alpha value is -1.09. The highest BCUT2D eigenvalue weighted by Gasteiger charge is 2.12. The van der Waals surface area contributed by atoms with Crippen LogP contribution in [-0.2, 0) is 4.74 Å². The predicted octanol–water partition coefficient (Wildman–Crippen LogP) is 2.37. The van der Waals surface area contributed by atoms with Gasteiger partial charge in [0.25, 0.3) is 0 Å². The van der Waals surface area contributed by atoms with Gasteiger partial charge in [-0.3, -0.25) is 4.98 Å². The Morgan fingerprint density at radius 2 is 2.47 bits per heavy atom. The number of aryl methyl sites for hydroxylation is 1. The molecule has 0 bridgehead atoms. The molecule has 1 unspecified atom stereocenters. The Morgan fingerprint density at radius 1 is 1.53 bits per heavy atom. The normalized spacial score (nSPS) is 21.3. The first-order valence-corrected chi connectivity index (χ1v) is 5.63. The Morgan fingerprint density at radius 3 is 3.20 bits per heavy atom. The summed E-state index contributed by atoms with van der Waals surface area (Å²) in [5.74, 6) is 0. The zero-order valence-electron chi connectivity index (χ0n) is 9.20. The van der Waals surface area contributed by atoms with Crippen molar-refractivity contribution < 1.29 is 4.74 Å². The Labute approximate surface area is 90.9 Å². The molecule has 0 amide bonds. The van der Waals surface area contributed by atoms with Crippen molar-refractivity contribution in [3.63, 3.8) is 0 Å². The van der Waals surface area contributed by atoms with E-state index < -0.39 is 0 Å². The molecule has 1 aromatic heterocycles. The zero-order valence-corrected chi connectivity index (χ0v) is 9.20. The summed E-state index contributed by atoms with van der Waals surface area (Å²) in [6, 6.07) is 4.05. The number of anilines is 1. The molecule has 1 aliphatic rings. The quantitative estimate of drug-likeness (QED) is 0.824. The van der Waals surface area contributed by atoms with Crippen LogP contribution in [0.5, 0.6) is 0 Å². The molecule has 0 radical (unpaired) electrons. The summed E-state index contributed by atoms with van der Waals surface area (Å²) in [7, 11) is 0. The van der Waals surface area contributed by atoms with Gasteiger partial charge in [-0.2, -0.15) is 0 Å². The zero-order chi connectivity index (χ0) is 10.5. The van der Waals surface area contributed by atoms with Crippen LogP contribution in [0.2, 0.25) is 0 Å². The number of nitrogens with zero attached hydrogens (tertiary/aromatic N) is 1. The summed E-state index contributed by atoms with van der Waals surface area (Å²) in [6.45, 7) is 3.83. The van der Waals surface area contributed by atoms with Gasteiger partial charge >= 0.3 is 0 Å². The van der Waals surface area contributed by atoms with Crippen molar-refractivity contribution in [2.75, 3.05) is 18.5 Å². The van der Waals surface area contributed by atoms with E-state index in [0.29, 0.717) is 6.10 Å². The monoisotopic (exact) mass is 206 g/mol. The van der Waals surface area contributed by atoms with Crippen molar-refractivity contribution in [2.24, 2.45) is 0 Å². The van der Waals surface area contributed by atoms with Crippen LogP contribution in [0.1, 0.15) is 25.0 Å². The summed E-state index contributed by atoms with van der Waals surface area (Å²) >= 11 is 0. The average Bonchev–Trinajstić information content (AvgIpc) is 2.28. The minimum atomic E-state index is 0.382. The van der Waals surface area contributed by atoms with Crippen LogP contribution >= 0.6 is 0 Å². The van der Waals surface area contributed by atoms with Crippen molar-refractivity contribution in [3.05, 3.63) is 24.0 Å². The molecular formula is C12H18N2O. The van der Waals surface area contributed by atoms with E-state index in [-0.39, 0.29) is 0 Å². The van der Waals surface area contributed by atoms with Crippen LogP contribution in [0.25, 0.3) is 0 Å². The van der Waals surface area contributed by atoms with E-state index in [0.717, 1.165) is 24.5 Å². The molecule has 1 saturated heterocycles. The van der Waals surface area contributed by atoms with Gasteiger partial charge in [0.05, 0.1) is 6.10 Å². The van der Waals surface area contributed by atoms with Crippen LogP contribution < -0.4 is 5.32 Å². The van der Waals surface area contributed by atoms with Crippen LogP contribution in [0.4, 0.5) is 5.69 Å². The van der Waals surface area contributed by atoms with Crippen molar-refractivity contribution in [3.8, 4) is 0 Å².